The molecule has 0 radical (unpaired) electrons. The summed E-state index contributed by atoms with van der Waals surface area (Å²) < 4.78 is 5.37. The fourth-order valence-corrected chi connectivity index (χ4v) is 2.08. The molecule has 120 valence electrons. The third kappa shape index (κ3) is 11.1. The Labute approximate surface area is 126 Å². The first-order valence-corrected chi connectivity index (χ1v) is 8.53. The molecule has 0 unspecified atom stereocenters. The van der Waals surface area contributed by atoms with E-state index in [2.05, 4.69) is 27.7 Å². The van der Waals surface area contributed by atoms with Crippen LogP contribution in [-0.2, 0) is 4.74 Å². The Bertz CT molecular complexity index is 217. The maximum Gasteiger partial charge on any atom is 0.409 e. The lowest BCUT2D eigenvalue weighted by atomic mass is 10.2. The highest BCUT2D eigenvalue weighted by molar-refractivity contribution is 5.67. The van der Waals surface area contributed by atoms with E-state index >= 15 is 0 Å². The Morgan fingerprint density at radius 1 is 0.900 bits per heavy atom. The van der Waals surface area contributed by atoms with E-state index in [1.807, 2.05) is 4.90 Å². The number of carbonyl (C=O) groups is 1. The number of nitrogens with zero attached hydrogens (tertiary/aromatic N) is 1. The number of rotatable bonds is 12. The molecule has 0 aromatic carbocycles. The van der Waals surface area contributed by atoms with Crippen LogP contribution in [0.25, 0.3) is 0 Å². The molecule has 20 heavy (non-hydrogen) atoms. The van der Waals surface area contributed by atoms with Gasteiger partial charge >= 0.3 is 6.09 Å². The molecule has 0 heterocycles. The molecule has 0 spiro atoms. The monoisotopic (exact) mass is 285 g/mol. The molecule has 0 aromatic rings. The van der Waals surface area contributed by atoms with Crippen LogP contribution in [0.15, 0.2) is 0 Å². The van der Waals surface area contributed by atoms with Crippen molar-refractivity contribution in [3.8, 4) is 0 Å². The molecule has 0 N–H and O–H groups in total. The second kappa shape index (κ2) is 13.3. The van der Waals surface area contributed by atoms with Crippen molar-refractivity contribution in [2.75, 3.05) is 19.7 Å². The Kier molecular flexibility index (Phi) is 12.8. The molecule has 0 aromatic heterocycles. The molecule has 0 saturated carbocycles. The summed E-state index contributed by atoms with van der Waals surface area (Å²) in [7, 11) is 0. The molecule has 3 heteroatoms. The molecule has 0 aliphatic rings. The van der Waals surface area contributed by atoms with Gasteiger partial charge in [0.2, 0.25) is 0 Å². The van der Waals surface area contributed by atoms with Crippen LogP contribution in [0.2, 0.25) is 0 Å². The topological polar surface area (TPSA) is 29.5 Å². The Balaban J connectivity index is 4.04. The molecule has 0 aliphatic heterocycles. The van der Waals surface area contributed by atoms with Crippen molar-refractivity contribution in [1.29, 1.82) is 0 Å². The van der Waals surface area contributed by atoms with E-state index in [1.165, 1.54) is 38.5 Å². The third-order valence-corrected chi connectivity index (χ3v) is 3.36. The third-order valence-electron chi connectivity index (χ3n) is 3.36. The van der Waals surface area contributed by atoms with E-state index in [4.69, 9.17) is 4.74 Å². The molecule has 0 fully saturated rings. The molecule has 0 saturated heterocycles. The van der Waals surface area contributed by atoms with Crippen LogP contribution < -0.4 is 0 Å². The first-order valence-electron chi connectivity index (χ1n) is 8.53. The normalized spacial score (nSPS) is 10.8. The van der Waals surface area contributed by atoms with Gasteiger partial charge in [0.25, 0.3) is 0 Å². The van der Waals surface area contributed by atoms with Crippen molar-refractivity contribution in [3.05, 3.63) is 0 Å². The summed E-state index contributed by atoms with van der Waals surface area (Å²) in [6.45, 7) is 10.8. The largest absolute Gasteiger partial charge is 0.449 e. The van der Waals surface area contributed by atoms with Gasteiger partial charge in [-0.1, -0.05) is 66.2 Å². The Morgan fingerprint density at radius 3 is 1.80 bits per heavy atom. The van der Waals surface area contributed by atoms with Gasteiger partial charge in [-0.05, 0) is 18.8 Å². The summed E-state index contributed by atoms with van der Waals surface area (Å²) >= 11 is 0. The molecule has 0 bridgehead atoms. The number of hydrogen-bond donors (Lipinski definition) is 0. The summed E-state index contributed by atoms with van der Waals surface area (Å²) in [4.78, 5) is 14.0. The second-order valence-electron chi connectivity index (χ2n) is 6.08. The van der Waals surface area contributed by atoms with Gasteiger partial charge in [-0.25, -0.2) is 4.79 Å². The lowest BCUT2D eigenvalue weighted by Crippen LogP contribution is -2.34. The summed E-state index contributed by atoms with van der Waals surface area (Å²) in [6, 6.07) is 0. The smallest absolute Gasteiger partial charge is 0.409 e. The van der Waals surface area contributed by atoms with Gasteiger partial charge in [0.15, 0.2) is 0 Å². The highest BCUT2D eigenvalue weighted by atomic mass is 16.6. The fourth-order valence-electron chi connectivity index (χ4n) is 2.08. The summed E-state index contributed by atoms with van der Waals surface area (Å²) in [5, 5.41) is 0. The zero-order valence-electron chi connectivity index (χ0n) is 14.1. The van der Waals surface area contributed by atoms with Gasteiger partial charge in [0.1, 0.15) is 0 Å². The van der Waals surface area contributed by atoms with E-state index in [9.17, 15) is 4.79 Å². The van der Waals surface area contributed by atoms with E-state index in [0.29, 0.717) is 12.5 Å². The zero-order valence-corrected chi connectivity index (χ0v) is 14.1. The fraction of sp³-hybridized carbons (Fsp3) is 0.941. The maximum absolute atomic E-state index is 12.1. The minimum absolute atomic E-state index is 0.119. The van der Waals surface area contributed by atoms with Crippen molar-refractivity contribution in [2.45, 2.75) is 79.1 Å². The van der Waals surface area contributed by atoms with Crippen molar-refractivity contribution >= 4 is 6.09 Å². The summed E-state index contributed by atoms with van der Waals surface area (Å²) in [5.74, 6) is 0.404. The highest BCUT2D eigenvalue weighted by Gasteiger charge is 2.14. The van der Waals surface area contributed by atoms with Crippen LogP contribution in [0.3, 0.4) is 0 Å². The van der Waals surface area contributed by atoms with Gasteiger partial charge < -0.3 is 9.64 Å². The minimum Gasteiger partial charge on any atom is -0.449 e. The number of ether oxygens (including phenoxy) is 1. The molecule has 3 nitrogen and oxygen atoms in total. The standard InChI is InChI=1S/C17H35NO2/c1-5-7-9-11-13-18(14-12-10-8-6-2)17(19)20-15-16(3)4/h16H,5-15H2,1-4H3. The highest BCUT2D eigenvalue weighted by Crippen LogP contribution is 2.07. The van der Waals surface area contributed by atoms with E-state index in [1.54, 1.807) is 0 Å². The summed E-state index contributed by atoms with van der Waals surface area (Å²) in [6.07, 6.45) is 9.46. The number of carbonyl (C=O) groups excluding carboxylic acids is 1. The van der Waals surface area contributed by atoms with Crippen LogP contribution in [0.1, 0.15) is 79.1 Å². The number of hydrogen-bond acceptors (Lipinski definition) is 2. The molecular formula is C17H35NO2. The predicted octanol–water partition coefficient (Wildman–Crippen LogP) is 5.24. The van der Waals surface area contributed by atoms with Gasteiger partial charge in [-0.3, -0.25) is 0 Å². The average molecular weight is 285 g/mol. The number of amides is 1. The predicted molar refractivity (Wildman–Crippen MR) is 86.0 cm³/mol. The van der Waals surface area contributed by atoms with Crippen molar-refractivity contribution in [3.63, 3.8) is 0 Å². The van der Waals surface area contributed by atoms with Gasteiger partial charge in [0, 0.05) is 13.1 Å². The number of unbranched alkanes of at least 4 members (excludes halogenated alkanes) is 6. The molecule has 0 rings (SSSR count). The molecule has 0 aliphatic carbocycles. The summed E-state index contributed by atoms with van der Waals surface area (Å²) in [5.41, 5.74) is 0. The van der Waals surface area contributed by atoms with Gasteiger partial charge in [-0.2, -0.15) is 0 Å². The lowest BCUT2D eigenvalue weighted by molar-refractivity contribution is 0.0906. The van der Waals surface area contributed by atoms with Crippen molar-refractivity contribution in [1.82, 2.24) is 4.90 Å². The zero-order chi connectivity index (χ0) is 15.2. The SMILES string of the molecule is CCCCCCN(CCCCCC)C(=O)OCC(C)C. The van der Waals surface area contributed by atoms with Crippen LogP contribution in [0.4, 0.5) is 4.79 Å². The first-order chi connectivity index (χ1) is 9.61. The van der Waals surface area contributed by atoms with Crippen LogP contribution in [0, 0.1) is 5.92 Å². The molecule has 1 amide bonds. The van der Waals surface area contributed by atoms with Crippen LogP contribution >= 0.6 is 0 Å². The van der Waals surface area contributed by atoms with E-state index in [-0.39, 0.29) is 6.09 Å². The van der Waals surface area contributed by atoms with Gasteiger partial charge in [0.05, 0.1) is 6.61 Å². The van der Waals surface area contributed by atoms with Crippen molar-refractivity contribution < 1.29 is 9.53 Å². The Morgan fingerprint density at radius 2 is 1.40 bits per heavy atom. The van der Waals surface area contributed by atoms with E-state index < -0.39 is 0 Å². The van der Waals surface area contributed by atoms with Crippen LogP contribution in [0.5, 0.6) is 0 Å². The molecule has 0 atom stereocenters. The minimum atomic E-state index is -0.119. The quantitative estimate of drug-likeness (QED) is 0.459. The molecular weight excluding hydrogens is 250 g/mol. The maximum atomic E-state index is 12.1. The van der Waals surface area contributed by atoms with Gasteiger partial charge in [-0.15, -0.1) is 0 Å². The average Bonchev–Trinajstić information content (AvgIpc) is 2.43. The lowest BCUT2D eigenvalue weighted by Gasteiger charge is -2.22. The van der Waals surface area contributed by atoms with Crippen molar-refractivity contribution in [2.24, 2.45) is 5.92 Å². The van der Waals surface area contributed by atoms with E-state index in [0.717, 1.165) is 25.9 Å². The van der Waals surface area contributed by atoms with Crippen LogP contribution in [-0.4, -0.2) is 30.7 Å². The second-order valence-corrected chi connectivity index (χ2v) is 6.08. The Hall–Kier alpha value is -0.730. The first kappa shape index (κ1) is 19.3.